The lowest BCUT2D eigenvalue weighted by molar-refractivity contribution is -0.117. The summed E-state index contributed by atoms with van der Waals surface area (Å²) in [7, 11) is 0. The van der Waals surface area contributed by atoms with Crippen molar-refractivity contribution in [3.05, 3.63) is 59.4 Å². The summed E-state index contributed by atoms with van der Waals surface area (Å²) in [5.41, 5.74) is 10.5. The Bertz CT molecular complexity index is 672. The standard InChI is InChI=1S/C17H20N4O/c1-11-3-4-12(2)14(9-11)19-17(22)16-10-15(20-21-16)13-5-7-18-8-6-13/h3-9,15-16,20-21H,10H2,1-2H3,(H,19,22). The van der Waals surface area contributed by atoms with Crippen LogP contribution in [0.15, 0.2) is 42.7 Å². The van der Waals surface area contributed by atoms with E-state index in [0.29, 0.717) is 6.42 Å². The average molecular weight is 296 g/mol. The molecule has 1 saturated heterocycles. The van der Waals surface area contributed by atoms with Gasteiger partial charge in [-0.2, -0.15) is 0 Å². The monoisotopic (exact) mass is 296 g/mol. The normalized spacial score (nSPS) is 20.8. The van der Waals surface area contributed by atoms with Gasteiger partial charge in [-0.05, 0) is 55.2 Å². The van der Waals surface area contributed by atoms with Gasteiger partial charge in [-0.1, -0.05) is 12.1 Å². The van der Waals surface area contributed by atoms with E-state index >= 15 is 0 Å². The molecule has 1 aliphatic heterocycles. The third kappa shape index (κ3) is 3.16. The third-order valence-electron chi connectivity index (χ3n) is 3.98. The van der Waals surface area contributed by atoms with Crippen LogP contribution in [-0.4, -0.2) is 16.9 Å². The van der Waals surface area contributed by atoms with Gasteiger partial charge >= 0.3 is 0 Å². The minimum atomic E-state index is -0.252. The molecule has 0 spiro atoms. The lowest BCUT2D eigenvalue weighted by Gasteiger charge is -2.13. The highest BCUT2D eigenvalue weighted by Gasteiger charge is 2.30. The number of carbonyl (C=O) groups is 1. The number of aromatic nitrogens is 1. The van der Waals surface area contributed by atoms with E-state index < -0.39 is 0 Å². The predicted molar refractivity (Wildman–Crippen MR) is 86.2 cm³/mol. The van der Waals surface area contributed by atoms with Gasteiger partial charge in [0, 0.05) is 24.1 Å². The number of hydrazine groups is 1. The van der Waals surface area contributed by atoms with E-state index in [1.54, 1.807) is 12.4 Å². The summed E-state index contributed by atoms with van der Waals surface area (Å²) in [6, 6.07) is 9.85. The molecule has 0 saturated carbocycles. The first kappa shape index (κ1) is 14.7. The van der Waals surface area contributed by atoms with Crippen molar-refractivity contribution in [2.24, 2.45) is 0 Å². The van der Waals surface area contributed by atoms with Crippen molar-refractivity contribution in [2.45, 2.75) is 32.4 Å². The third-order valence-corrected chi connectivity index (χ3v) is 3.98. The van der Waals surface area contributed by atoms with Crippen molar-refractivity contribution >= 4 is 11.6 Å². The molecule has 0 bridgehead atoms. The second-order valence-corrected chi connectivity index (χ2v) is 5.72. The quantitative estimate of drug-likeness (QED) is 0.813. The molecule has 0 aliphatic carbocycles. The van der Waals surface area contributed by atoms with Gasteiger partial charge in [-0.15, -0.1) is 0 Å². The molecule has 1 aliphatic rings. The van der Waals surface area contributed by atoms with Crippen LogP contribution in [0.25, 0.3) is 0 Å². The van der Waals surface area contributed by atoms with Gasteiger partial charge in [0.15, 0.2) is 0 Å². The molecular formula is C17H20N4O. The maximum atomic E-state index is 12.4. The fourth-order valence-corrected chi connectivity index (χ4v) is 2.63. The van der Waals surface area contributed by atoms with E-state index in [1.807, 2.05) is 44.2 Å². The maximum Gasteiger partial charge on any atom is 0.242 e. The predicted octanol–water partition coefficient (Wildman–Crippen LogP) is 2.24. The molecule has 2 heterocycles. The molecule has 114 valence electrons. The number of aryl methyl sites for hydroxylation is 2. The molecule has 1 aromatic carbocycles. The lowest BCUT2D eigenvalue weighted by atomic mass is 10.0. The molecule has 1 amide bonds. The maximum absolute atomic E-state index is 12.4. The number of benzene rings is 1. The van der Waals surface area contributed by atoms with Crippen LogP contribution in [0.3, 0.4) is 0 Å². The van der Waals surface area contributed by atoms with Crippen LogP contribution < -0.4 is 16.2 Å². The number of rotatable bonds is 3. The zero-order chi connectivity index (χ0) is 15.5. The van der Waals surface area contributed by atoms with Crippen LogP contribution in [0.2, 0.25) is 0 Å². The highest BCUT2D eigenvalue weighted by atomic mass is 16.2. The van der Waals surface area contributed by atoms with Crippen LogP contribution in [0.5, 0.6) is 0 Å². The molecule has 3 N–H and O–H groups in total. The number of nitrogens with zero attached hydrogens (tertiary/aromatic N) is 1. The van der Waals surface area contributed by atoms with Gasteiger partial charge in [-0.3, -0.25) is 9.78 Å². The molecule has 22 heavy (non-hydrogen) atoms. The summed E-state index contributed by atoms with van der Waals surface area (Å²) in [4.78, 5) is 16.4. The molecule has 1 fully saturated rings. The van der Waals surface area contributed by atoms with E-state index in [4.69, 9.17) is 0 Å². The number of hydrogen-bond donors (Lipinski definition) is 3. The smallest absolute Gasteiger partial charge is 0.242 e. The number of amides is 1. The van der Waals surface area contributed by atoms with Crippen molar-refractivity contribution in [1.82, 2.24) is 15.8 Å². The molecule has 5 nitrogen and oxygen atoms in total. The minimum Gasteiger partial charge on any atom is -0.324 e. The molecule has 3 rings (SSSR count). The van der Waals surface area contributed by atoms with E-state index in [1.165, 1.54) is 0 Å². The fraction of sp³-hybridized carbons (Fsp3) is 0.294. The highest BCUT2D eigenvalue weighted by Crippen LogP contribution is 2.23. The number of pyridine rings is 1. The van der Waals surface area contributed by atoms with Gasteiger partial charge < -0.3 is 5.32 Å². The van der Waals surface area contributed by atoms with Crippen molar-refractivity contribution in [3.8, 4) is 0 Å². The van der Waals surface area contributed by atoms with E-state index in [0.717, 1.165) is 22.4 Å². The summed E-state index contributed by atoms with van der Waals surface area (Å²) < 4.78 is 0. The van der Waals surface area contributed by atoms with Crippen molar-refractivity contribution in [2.75, 3.05) is 5.32 Å². The Hall–Kier alpha value is -2.24. The van der Waals surface area contributed by atoms with Crippen LogP contribution in [0.1, 0.15) is 29.2 Å². The van der Waals surface area contributed by atoms with Crippen molar-refractivity contribution in [1.29, 1.82) is 0 Å². The second-order valence-electron chi connectivity index (χ2n) is 5.72. The number of hydrogen-bond acceptors (Lipinski definition) is 4. The van der Waals surface area contributed by atoms with Crippen molar-refractivity contribution < 1.29 is 4.79 Å². The Labute approximate surface area is 130 Å². The molecule has 2 atom stereocenters. The summed E-state index contributed by atoms with van der Waals surface area (Å²) in [6.07, 6.45) is 4.24. The van der Waals surface area contributed by atoms with Gasteiger partial charge in [0.1, 0.15) is 6.04 Å². The second kappa shape index (κ2) is 6.25. The SMILES string of the molecule is Cc1ccc(C)c(NC(=O)C2CC(c3ccncc3)NN2)c1. The van der Waals surface area contributed by atoms with E-state index in [9.17, 15) is 4.79 Å². The Morgan fingerprint density at radius 2 is 1.95 bits per heavy atom. The zero-order valence-electron chi connectivity index (χ0n) is 12.8. The topological polar surface area (TPSA) is 66.0 Å². The van der Waals surface area contributed by atoms with Crippen LogP contribution in [-0.2, 0) is 4.79 Å². The van der Waals surface area contributed by atoms with Crippen molar-refractivity contribution in [3.63, 3.8) is 0 Å². The Balaban J connectivity index is 1.66. The van der Waals surface area contributed by atoms with Gasteiger partial charge in [0.05, 0.1) is 0 Å². The molecular weight excluding hydrogens is 276 g/mol. The first-order chi connectivity index (χ1) is 10.6. The van der Waals surface area contributed by atoms with E-state index in [-0.39, 0.29) is 18.0 Å². The molecule has 2 unspecified atom stereocenters. The molecule has 2 aromatic rings. The molecule has 0 radical (unpaired) electrons. The Morgan fingerprint density at radius 1 is 1.18 bits per heavy atom. The Kier molecular flexibility index (Phi) is 4.18. The first-order valence-electron chi connectivity index (χ1n) is 7.42. The summed E-state index contributed by atoms with van der Waals surface area (Å²) >= 11 is 0. The van der Waals surface area contributed by atoms with Crippen LogP contribution >= 0.6 is 0 Å². The lowest BCUT2D eigenvalue weighted by Crippen LogP contribution is -2.39. The highest BCUT2D eigenvalue weighted by molar-refractivity contribution is 5.95. The summed E-state index contributed by atoms with van der Waals surface area (Å²) in [5, 5.41) is 3.01. The van der Waals surface area contributed by atoms with E-state index in [2.05, 4.69) is 21.2 Å². The van der Waals surface area contributed by atoms with Gasteiger partial charge in [0.2, 0.25) is 5.91 Å². The molecule has 1 aromatic heterocycles. The van der Waals surface area contributed by atoms with Crippen LogP contribution in [0.4, 0.5) is 5.69 Å². The zero-order valence-corrected chi connectivity index (χ0v) is 12.8. The van der Waals surface area contributed by atoms with Gasteiger partial charge in [0.25, 0.3) is 0 Å². The molecule has 5 heteroatoms. The number of nitrogens with one attached hydrogen (secondary N) is 3. The number of anilines is 1. The number of carbonyl (C=O) groups excluding carboxylic acids is 1. The average Bonchev–Trinajstić information content (AvgIpc) is 3.02. The largest absolute Gasteiger partial charge is 0.324 e. The fourth-order valence-electron chi connectivity index (χ4n) is 2.63. The van der Waals surface area contributed by atoms with Gasteiger partial charge in [-0.25, -0.2) is 10.9 Å². The van der Waals surface area contributed by atoms with Crippen LogP contribution in [0, 0.1) is 13.8 Å². The minimum absolute atomic E-state index is 0.0160. The summed E-state index contributed by atoms with van der Waals surface area (Å²) in [6.45, 7) is 4.01. The first-order valence-corrected chi connectivity index (χ1v) is 7.42. The Morgan fingerprint density at radius 3 is 2.73 bits per heavy atom. The summed E-state index contributed by atoms with van der Waals surface area (Å²) in [5.74, 6) is -0.0160.